The van der Waals surface area contributed by atoms with E-state index in [4.69, 9.17) is 4.74 Å². The van der Waals surface area contributed by atoms with E-state index in [1.54, 1.807) is 7.05 Å². The molecule has 0 radical (unpaired) electrons. The molecule has 90 valence electrons. The van der Waals surface area contributed by atoms with E-state index in [9.17, 15) is 4.79 Å². The number of benzene rings is 1. The van der Waals surface area contributed by atoms with Gasteiger partial charge in [0, 0.05) is 12.4 Å². The van der Waals surface area contributed by atoms with Gasteiger partial charge in [-0.25, -0.2) is 14.0 Å². The number of rotatable bonds is 3. The van der Waals surface area contributed by atoms with Crippen molar-refractivity contribution in [3.05, 3.63) is 40.3 Å². The first kappa shape index (κ1) is 11.9. The first-order valence-electron chi connectivity index (χ1n) is 5.03. The Balaban J connectivity index is 2.72. The predicted octanol–water partition coefficient (Wildman–Crippen LogP) is 1.47. The van der Waals surface area contributed by atoms with Crippen LogP contribution in [0.15, 0.2) is 29.1 Å². The summed E-state index contributed by atoms with van der Waals surface area (Å²) in [5.74, 6) is 0. The number of para-hydroxylation sites is 1. The zero-order valence-electron chi connectivity index (χ0n) is 9.55. The summed E-state index contributed by atoms with van der Waals surface area (Å²) < 4.78 is 7.83. The fourth-order valence-corrected chi connectivity index (χ4v) is 2.10. The molecule has 1 heterocycles. The minimum absolute atomic E-state index is 0.227. The maximum absolute atomic E-state index is 12.0. The first-order chi connectivity index (χ1) is 8.19. The van der Waals surface area contributed by atoms with Crippen LogP contribution in [-0.2, 0) is 12.4 Å². The van der Waals surface area contributed by atoms with E-state index in [1.165, 1.54) is 16.4 Å². The summed E-state index contributed by atoms with van der Waals surface area (Å²) in [7, 11) is 3.09. The first-order valence-corrected chi connectivity index (χ1v) is 6.15. The maximum atomic E-state index is 12.0. The second kappa shape index (κ2) is 4.75. The largest absolute Gasteiger partial charge is 0.467 e. The molecule has 0 atom stereocenters. The highest BCUT2D eigenvalue weighted by Crippen LogP contribution is 2.19. The van der Waals surface area contributed by atoms with E-state index in [0.29, 0.717) is 5.33 Å². The van der Waals surface area contributed by atoms with Crippen LogP contribution in [0.3, 0.4) is 0 Å². The monoisotopic (exact) mass is 297 g/mol. The van der Waals surface area contributed by atoms with Gasteiger partial charge in [-0.1, -0.05) is 34.1 Å². The van der Waals surface area contributed by atoms with Crippen LogP contribution in [0.2, 0.25) is 0 Å². The van der Waals surface area contributed by atoms with Crippen LogP contribution in [0.4, 0.5) is 0 Å². The molecule has 0 unspecified atom stereocenters. The molecule has 0 bridgehead atoms. The minimum Gasteiger partial charge on any atom is -0.467 e. The van der Waals surface area contributed by atoms with Gasteiger partial charge in [0.05, 0.1) is 12.8 Å². The number of hydrogen-bond donors (Lipinski definition) is 0. The van der Waals surface area contributed by atoms with E-state index in [0.717, 1.165) is 11.3 Å². The highest BCUT2D eigenvalue weighted by Gasteiger charge is 2.15. The standard InChI is InChI=1S/C11H12BrN3O2/c1-14-11(16)15(10(13-14)17-2)9-6-4-3-5-8(9)7-12/h3-6H,7H2,1-2H3. The molecule has 1 aromatic heterocycles. The van der Waals surface area contributed by atoms with Crippen molar-refractivity contribution in [2.24, 2.45) is 7.05 Å². The van der Waals surface area contributed by atoms with Crippen molar-refractivity contribution in [1.82, 2.24) is 14.3 Å². The molecule has 0 amide bonds. The zero-order chi connectivity index (χ0) is 12.4. The molecule has 2 rings (SSSR count). The van der Waals surface area contributed by atoms with Crippen molar-refractivity contribution in [2.45, 2.75) is 5.33 Å². The van der Waals surface area contributed by atoms with E-state index in [2.05, 4.69) is 21.0 Å². The predicted molar refractivity (Wildman–Crippen MR) is 68.0 cm³/mol. The molecule has 0 aliphatic rings. The molecule has 0 N–H and O–H groups in total. The summed E-state index contributed by atoms with van der Waals surface area (Å²) in [6, 6.07) is 7.89. The van der Waals surface area contributed by atoms with Crippen LogP contribution in [0, 0.1) is 0 Å². The quantitative estimate of drug-likeness (QED) is 0.806. The molecule has 0 fully saturated rings. The van der Waals surface area contributed by atoms with Crippen LogP contribution < -0.4 is 10.4 Å². The van der Waals surface area contributed by atoms with Gasteiger partial charge in [-0.05, 0) is 11.6 Å². The van der Waals surface area contributed by atoms with Crippen LogP contribution in [0.5, 0.6) is 6.01 Å². The molecular weight excluding hydrogens is 286 g/mol. The van der Waals surface area contributed by atoms with Gasteiger partial charge in [-0.2, -0.15) is 0 Å². The highest BCUT2D eigenvalue weighted by atomic mass is 79.9. The van der Waals surface area contributed by atoms with Crippen molar-refractivity contribution < 1.29 is 4.74 Å². The summed E-state index contributed by atoms with van der Waals surface area (Å²) in [6.45, 7) is 0. The number of halogens is 1. The van der Waals surface area contributed by atoms with Crippen LogP contribution in [-0.4, -0.2) is 21.5 Å². The summed E-state index contributed by atoms with van der Waals surface area (Å²) in [5, 5.41) is 4.67. The molecule has 1 aromatic carbocycles. The Bertz CT molecular complexity index is 589. The van der Waals surface area contributed by atoms with E-state index in [-0.39, 0.29) is 11.7 Å². The van der Waals surface area contributed by atoms with Crippen LogP contribution in [0.25, 0.3) is 5.69 Å². The van der Waals surface area contributed by atoms with Gasteiger partial charge >= 0.3 is 11.7 Å². The number of methoxy groups -OCH3 is 1. The van der Waals surface area contributed by atoms with E-state index in [1.807, 2.05) is 24.3 Å². The Morgan fingerprint density at radius 2 is 2.12 bits per heavy atom. The summed E-state index contributed by atoms with van der Waals surface area (Å²) in [6.07, 6.45) is 0. The van der Waals surface area contributed by atoms with Crippen LogP contribution in [0.1, 0.15) is 5.56 Å². The van der Waals surface area contributed by atoms with Crippen molar-refractivity contribution >= 4 is 15.9 Å². The van der Waals surface area contributed by atoms with Gasteiger partial charge in [0.1, 0.15) is 0 Å². The smallest absolute Gasteiger partial charge is 0.353 e. The molecule has 0 aliphatic carbocycles. The van der Waals surface area contributed by atoms with Gasteiger partial charge in [-0.3, -0.25) is 0 Å². The Hall–Kier alpha value is -1.56. The van der Waals surface area contributed by atoms with Gasteiger partial charge in [0.15, 0.2) is 0 Å². The lowest BCUT2D eigenvalue weighted by Gasteiger charge is -2.08. The highest BCUT2D eigenvalue weighted by molar-refractivity contribution is 9.08. The Morgan fingerprint density at radius 1 is 1.41 bits per heavy atom. The molecule has 0 spiro atoms. The molecule has 0 saturated carbocycles. The van der Waals surface area contributed by atoms with Crippen molar-refractivity contribution in [3.8, 4) is 11.7 Å². The zero-order valence-corrected chi connectivity index (χ0v) is 11.1. The van der Waals surface area contributed by atoms with E-state index < -0.39 is 0 Å². The van der Waals surface area contributed by atoms with Crippen molar-refractivity contribution in [2.75, 3.05) is 7.11 Å². The normalized spacial score (nSPS) is 10.5. The number of aryl methyl sites for hydroxylation is 1. The molecule has 0 saturated heterocycles. The second-order valence-corrected chi connectivity index (χ2v) is 4.05. The third-order valence-corrected chi connectivity index (χ3v) is 3.06. The molecule has 2 aromatic rings. The van der Waals surface area contributed by atoms with Crippen molar-refractivity contribution in [1.29, 1.82) is 0 Å². The summed E-state index contributed by atoms with van der Waals surface area (Å²) in [5.41, 5.74) is 1.55. The number of alkyl halides is 1. The van der Waals surface area contributed by atoms with Gasteiger partial charge in [0.2, 0.25) is 0 Å². The molecule has 5 nitrogen and oxygen atoms in total. The lowest BCUT2D eigenvalue weighted by atomic mass is 10.2. The molecule has 6 heteroatoms. The Kier molecular flexibility index (Phi) is 3.33. The summed E-state index contributed by atoms with van der Waals surface area (Å²) in [4.78, 5) is 12.0. The second-order valence-electron chi connectivity index (χ2n) is 3.49. The fraction of sp³-hybridized carbons (Fsp3) is 0.273. The topological polar surface area (TPSA) is 49.1 Å². The molecular formula is C11H12BrN3O2. The average Bonchev–Trinajstić information content (AvgIpc) is 2.65. The Labute approximate surface area is 107 Å². The van der Waals surface area contributed by atoms with E-state index >= 15 is 0 Å². The third kappa shape index (κ3) is 2.00. The minimum atomic E-state index is -0.227. The lowest BCUT2D eigenvalue weighted by Crippen LogP contribution is -2.22. The van der Waals surface area contributed by atoms with Crippen molar-refractivity contribution in [3.63, 3.8) is 0 Å². The Morgan fingerprint density at radius 3 is 2.76 bits per heavy atom. The summed E-state index contributed by atoms with van der Waals surface area (Å²) >= 11 is 3.40. The van der Waals surface area contributed by atoms with Gasteiger partial charge in [0.25, 0.3) is 0 Å². The third-order valence-electron chi connectivity index (χ3n) is 2.45. The molecule has 0 aliphatic heterocycles. The average molecular weight is 298 g/mol. The lowest BCUT2D eigenvalue weighted by molar-refractivity contribution is 0.368. The number of ether oxygens (including phenoxy) is 1. The molecule has 17 heavy (non-hydrogen) atoms. The van der Waals surface area contributed by atoms with Crippen LogP contribution >= 0.6 is 15.9 Å². The maximum Gasteiger partial charge on any atom is 0.353 e. The number of nitrogens with zero attached hydrogens (tertiary/aromatic N) is 3. The number of aromatic nitrogens is 3. The van der Waals surface area contributed by atoms with Gasteiger partial charge in [-0.15, -0.1) is 5.10 Å². The SMILES string of the molecule is COc1nn(C)c(=O)n1-c1ccccc1CBr. The van der Waals surface area contributed by atoms with Gasteiger partial charge < -0.3 is 4.74 Å². The number of hydrogen-bond acceptors (Lipinski definition) is 3. The fourth-order valence-electron chi connectivity index (χ4n) is 1.62.